The van der Waals surface area contributed by atoms with E-state index in [1.807, 2.05) is 32.2 Å². The van der Waals surface area contributed by atoms with Crippen LogP contribution in [0.25, 0.3) is 11.3 Å². The van der Waals surface area contributed by atoms with E-state index in [-0.39, 0.29) is 0 Å². The Labute approximate surface area is 96.4 Å². The molecule has 0 saturated carbocycles. The van der Waals surface area contributed by atoms with E-state index in [0.717, 1.165) is 29.1 Å². The van der Waals surface area contributed by atoms with Crippen LogP contribution in [0.15, 0.2) is 30.5 Å². The van der Waals surface area contributed by atoms with Crippen LogP contribution in [0.2, 0.25) is 0 Å². The number of aromatic nitrogens is 2. The van der Waals surface area contributed by atoms with E-state index in [9.17, 15) is 0 Å². The maximum Gasteiger partial charge on any atom is 0.0752 e. The molecule has 2 aromatic heterocycles. The van der Waals surface area contributed by atoms with Gasteiger partial charge < -0.3 is 0 Å². The van der Waals surface area contributed by atoms with E-state index >= 15 is 0 Å². The molecule has 2 nitrogen and oxygen atoms in total. The molecule has 2 rings (SSSR count). The zero-order chi connectivity index (χ0) is 11.5. The minimum atomic E-state index is 0.997. The topological polar surface area (TPSA) is 25.8 Å². The number of hydrogen-bond donors (Lipinski definition) is 0. The Morgan fingerprint density at radius 1 is 1.12 bits per heavy atom. The highest BCUT2D eigenvalue weighted by Crippen LogP contribution is 2.24. The molecule has 82 valence electrons. The Hall–Kier alpha value is -1.70. The van der Waals surface area contributed by atoms with E-state index in [0.29, 0.717) is 0 Å². The lowest BCUT2D eigenvalue weighted by Crippen LogP contribution is -1.96. The number of rotatable bonds is 2. The summed E-state index contributed by atoms with van der Waals surface area (Å²) in [5.41, 5.74) is 5.58. The first kappa shape index (κ1) is 10.8. The van der Waals surface area contributed by atoms with Crippen LogP contribution in [0, 0.1) is 13.8 Å². The Balaban J connectivity index is 2.58. The largest absolute Gasteiger partial charge is 0.258 e. The summed E-state index contributed by atoms with van der Waals surface area (Å²) in [6, 6.07) is 8.26. The summed E-state index contributed by atoms with van der Waals surface area (Å²) in [5, 5.41) is 0. The molecule has 0 unspecified atom stereocenters. The van der Waals surface area contributed by atoms with Gasteiger partial charge in [-0.3, -0.25) is 9.97 Å². The first-order valence-corrected chi connectivity index (χ1v) is 5.61. The fourth-order valence-corrected chi connectivity index (χ4v) is 1.90. The van der Waals surface area contributed by atoms with Gasteiger partial charge in [0.05, 0.1) is 5.69 Å². The normalized spacial score (nSPS) is 10.4. The van der Waals surface area contributed by atoms with Crippen molar-refractivity contribution in [2.24, 2.45) is 0 Å². The lowest BCUT2D eigenvalue weighted by atomic mass is 10.0. The zero-order valence-electron chi connectivity index (χ0n) is 9.99. The Kier molecular flexibility index (Phi) is 3.00. The van der Waals surface area contributed by atoms with Gasteiger partial charge in [-0.05, 0) is 44.0 Å². The molecule has 0 aromatic carbocycles. The Morgan fingerprint density at radius 2 is 1.94 bits per heavy atom. The molecule has 0 aliphatic rings. The summed E-state index contributed by atoms with van der Waals surface area (Å²) in [7, 11) is 0. The van der Waals surface area contributed by atoms with Gasteiger partial charge in [0.15, 0.2) is 0 Å². The second-order valence-electron chi connectivity index (χ2n) is 3.95. The lowest BCUT2D eigenvalue weighted by Gasteiger charge is -2.09. The van der Waals surface area contributed by atoms with Gasteiger partial charge in [-0.25, -0.2) is 0 Å². The molecular formula is C14H16N2. The van der Waals surface area contributed by atoms with E-state index in [4.69, 9.17) is 0 Å². The van der Waals surface area contributed by atoms with Gasteiger partial charge in [0.25, 0.3) is 0 Å². The van der Waals surface area contributed by atoms with Gasteiger partial charge in [-0.2, -0.15) is 0 Å². The average Bonchev–Trinajstić information content (AvgIpc) is 2.29. The van der Waals surface area contributed by atoms with E-state index in [2.05, 4.69) is 29.0 Å². The molecular weight excluding hydrogens is 196 g/mol. The predicted octanol–water partition coefficient (Wildman–Crippen LogP) is 3.32. The number of nitrogens with zero attached hydrogens (tertiary/aromatic N) is 2. The molecule has 0 spiro atoms. The van der Waals surface area contributed by atoms with Crippen LogP contribution in [-0.2, 0) is 6.42 Å². The van der Waals surface area contributed by atoms with Crippen LogP contribution in [0.3, 0.4) is 0 Å². The molecule has 0 radical (unpaired) electrons. The van der Waals surface area contributed by atoms with Crippen LogP contribution in [0.1, 0.15) is 23.9 Å². The molecule has 0 aliphatic heterocycles. The van der Waals surface area contributed by atoms with Crippen molar-refractivity contribution in [2.75, 3.05) is 0 Å². The zero-order valence-corrected chi connectivity index (χ0v) is 9.99. The Bertz CT molecular complexity index is 504. The summed E-state index contributed by atoms with van der Waals surface area (Å²) in [5.74, 6) is 0. The van der Waals surface area contributed by atoms with Crippen molar-refractivity contribution in [1.82, 2.24) is 9.97 Å². The van der Waals surface area contributed by atoms with Gasteiger partial charge in [-0.1, -0.05) is 13.0 Å². The smallest absolute Gasteiger partial charge is 0.0752 e. The summed E-state index contributed by atoms with van der Waals surface area (Å²) >= 11 is 0. The van der Waals surface area contributed by atoms with Gasteiger partial charge in [-0.15, -0.1) is 0 Å². The molecule has 0 aliphatic carbocycles. The fourth-order valence-electron chi connectivity index (χ4n) is 1.90. The van der Waals surface area contributed by atoms with Crippen LogP contribution in [0.5, 0.6) is 0 Å². The third-order valence-corrected chi connectivity index (χ3v) is 2.75. The van der Waals surface area contributed by atoms with Crippen LogP contribution < -0.4 is 0 Å². The van der Waals surface area contributed by atoms with Crippen molar-refractivity contribution in [1.29, 1.82) is 0 Å². The highest BCUT2D eigenvalue weighted by atomic mass is 14.7. The highest BCUT2D eigenvalue weighted by Gasteiger charge is 2.08. The van der Waals surface area contributed by atoms with Crippen molar-refractivity contribution in [2.45, 2.75) is 27.2 Å². The van der Waals surface area contributed by atoms with Crippen molar-refractivity contribution in [3.05, 3.63) is 47.4 Å². The van der Waals surface area contributed by atoms with Gasteiger partial charge >= 0.3 is 0 Å². The summed E-state index contributed by atoms with van der Waals surface area (Å²) < 4.78 is 0. The maximum atomic E-state index is 4.49. The Morgan fingerprint density at radius 3 is 2.62 bits per heavy atom. The third kappa shape index (κ3) is 1.96. The second-order valence-corrected chi connectivity index (χ2v) is 3.95. The number of pyridine rings is 2. The second kappa shape index (κ2) is 4.44. The standard InChI is InChI=1S/C14H16N2/c1-4-12-6-5-9-15-14(12)13-8-7-10(2)16-11(13)3/h5-9H,4H2,1-3H3. The number of aryl methyl sites for hydroxylation is 3. The molecule has 2 aromatic rings. The van der Waals surface area contributed by atoms with Crippen molar-refractivity contribution < 1.29 is 0 Å². The lowest BCUT2D eigenvalue weighted by molar-refractivity contribution is 1.08. The van der Waals surface area contributed by atoms with E-state index < -0.39 is 0 Å². The first-order chi connectivity index (χ1) is 7.72. The fraction of sp³-hybridized carbons (Fsp3) is 0.286. The summed E-state index contributed by atoms with van der Waals surface area (Å²) in [6.45, 7) is 6.20. The molecule has 0 N–H and O–H groups in total. The molecule has 0 atom stereocenters. The van der Waals surface area contributed by atoms with Gasteiger partial charge in [0.1, 0.15) is 0 Å². The predicted molar refractivity (Wildman–Crippen MR) is 66.3 cm³/mol. The number of hydrogen-bond acceptors (Lipinski definition) is 2. The van der Waals surface area contributed by atoms with Gasteiger partial charge in [0, 0.05) is 23.1 Å². The average molecular weight is 212 g/mol. The SMILES string of the molecule is CCc1cccnc1-c1ccc(C)nc1C. The highest BCUT2D eigenvalue weighted by molar-refractivity contribution is 5.65. The molecule has 0 amide bonds. The van der Waals surface area contributed by atoms with Crippen molar-refractivity contribution in [3.8, 4) is 11.3 Å². The molecule has 2 heterocycles. The third-order valence-electron chi connectivity index (χ3n) is 2.75. The maximum absolute atomic E-state index is 4.49. The quantitative estimate of drug-likeness (QED) is 0.763. The van der Waals surface area contributed by atoms with Crippen molar-refractivity contribution in [3.63, 3.8) is 0 Å². The minimum Gasteiger partial charge on any atom is -0.258 e. The first-order valence-electron chi connectivity index (χ1n) is 5.61. The van der Waals surface area contributed by atoms with Crippen LogP contribution in [0.4, 0.5) is 0 Å². The molecule has 2 heteroatoms. The summed E-state index contributed by atoms with van der Waals surface area (Å²) in [6.07, 6.45) is 2.84. The molecule has 0 bridgehead atoms. The molecule has 0 saturated heterocycles. The van der Waals surface area contributed by atoms with Crippen LogP contribution in [-0.4, -0.2) is 9.97 Å². The molecule has 16 heavy (non-hydrogen) atoms. The van der Waals surface area contributed by atoms with Crippen molar-refractivity contribution >= 4 is 0 Å². The van der Waals surface area contributed by atoms with Gasteiger partial charge in [0.2, 0.25) is 0 Å². The van der Waals surface area contributed by atoms with Crippen LogP contribution >= 0.6 is 0 Å². The van der Waals surface area contributed by atoms with E-state index in [1.165, 1.54) is 5.56 Å². The van der Waals surface area contributed by atoms with E-state index in [1.54, 1.807) is 0 Å². The monoisotopic (exact) mass is 212 g/mol. The minimum absolute atomic E-state index is 0.997. The molecule has 0 fully saturated rings. The summed E-state index contributed by atoms with van der Waals surface area (Å²) in [4.78, 5) is 8.96.